The van der Waals surface area contributed by atoms with Gasteiger partial charge in [0.05, 0.1) is 4.90 Å². The highest BCUT2D eigenvalue weighted by Crippen LogP contribution is 2.14. The van der Waals surface area contributed by atoms with E-state index in [0.29, 0.717) is 5.69 Å². The van der Waals surface area contributed by atoms with Crippen LogP contribution in [-0.4, -0.2) is 25.4 Å². The number of primary sulfonamides is 1. The third-order valence-corrected chi connectivity index (χ3v) is 3.59. The molecular formula is C12H14N2O5S. The number of carbonyl (C=O) groups excluding carboxylic acids is 1. The van der Waals surface area contributed by atoms with Crippen LogP contribution in [0.2, 0.25) is 0 Å². The van der Waals surface area contributed by atoms with Gasteiger partial charge in [-0.05, 0) is 38.1 Å². The van der Waals surface area contributed by atoms with Gasteiger partial charge in [-0.1, -0.05) is 0 Å². The number of carboxylic acid groups (broad SMARTS) is 1. The zero-order chi connectivity index (χ0) is 15.5. The van der Waals surface area contributed by atoms with E-state index in [1.807, 2.05) is 0 Å². The lowest BCUT2D eigenvalue weighted by atomic mass is 10.1. The summed E-state index contributed by atoms with van der Waals surface area (Å²) in [5.41, 5.74) is 0.330. The summed E-state index contributed by atoms with van der Waals surface area (Å²) >= 11 is 0. The first-order chi connectivity index (χ1) is 9.12. The van der Waals surface area contributed by atoms with E-state index in [-0.39, 0.29) is 16.0 Å². The van der Waals surface area contributed by atoms with Gasteiger partial charge in [-0.3, -0.25) is 4.79 Å². The second-order valence-corrected chi connectivity index (χ2v) is 5.64. The van der Waals surface area contributed by atoms with Gasteiger partial charge in [-0.2, -0.15) is 0 Å². The first-order valence-corrected chi connectivity index (χ1v) is 7.02. The molecule has 0 atom stereocenters. The molecule has 0 unspecified atom stereocenters. The van der Waals surface area contributed by atoms with E-state index in [1.165, 1.54) is 38.1 Å². The zero-order valence-electron chi connectivity index (χ0n) is 10.9. The standard InChI is InChI=1S/C12H14N2O5S/c1-7(8(2)12(16)17)11(15)14-9-3-5-10(6-4-9)20(13,18)19/h3-6H,1-2H3,(H,14,15)(H,16,17)(H2,13,18,19). The van der Waals surface area contributed by atoms with Crippen molar-refractivity contribution in [1.82, 2.24) is 0 Å². The van der Waals surface area contributed by atoms with E-state index >= 15 is 0 Å². The second kappa shape index (κ2) is 5.85. The number of hydrogen-bond acceptors (Lipinski definition) is 4. The van der Waals surface area contributed by atoms with Gasteiger partial charge < -0.3 is 10.4 Å². The minimum absolute atomic E-state index is 0.0630. The third-order valence-electron chi connectivity index (χ3n) is 2.66. The molecule has 0 heterocycles. The van der Waals surface area contributed by atoms with Crippen LogP contribution < -0.4 is 10.5 Å². The molecular weight excluding hydrogens is 284 g/mol. The number of sulfonamides is 1. The highest BCUT2D eigenvalue weighted by molar-refractivity contribution is 7.89. The average molecular weight is 298 g/mol. The molecule has 1 aromatic rings. The average Bonchev–Trinajstić information content (AvgIpc) is 2.36. The monoisotopic (exact) mass is 298 g/mol. The molecule has 0 aliphatic heterocycles. The third kappa shape index (κ3) is 3.90. The molecule has 8 heteroatoms. The Labute approximate surface area is 116 Å². The molecule has 0 aliphatic rings. The molecule has 0 saturated heterocycles. The zero-order valence-corrected chi connectivity index (χ0v) is 11.7. The van der Waals surface area contributed by atoms with Crippen LogP contribution in [0, 0.1) is 0 Å². The SMILES string of the molecule is CC(C(=O)O)=C(C)C(=O)Nc1ccc(S(N)(=O)=O)cc1. The van der Waals surface area contributed by atoms with Gasteiger partial charge in [-0.25, -0.2) is 18.4 Å². The normalized spacial score (nSPS) is 12.6. The van der Waals surface area contributed by atoms with Crippen LogP contribution in [0.5, 0.6) is 0 Å². The van der Waals surface area contributed by atoms with E-state index in [4.69, 9.17) is 10.2 Å². The summed E-state index contributed by atoms with van der Waals surface area (Å²) in [7, 11) is -3.79. The fraction of sp³-hybridized carbons (Fsp3) is 0.167. The number of carbonyl (C=O) groups is 2. The molecule has 0 radical (unpaired) electrons. The Morgan fingerprint density at radius 2 is 1.60 bits per heavy atom. The van der Waals surface area contributed by atoms with Gasteiger partial charge in [-0.15, -0.1) is 0 Å². The van der Waals surface area contributed by atoms with Crippen molar-refractivity contribution in [3.8, 4) is 0 Å². The van der Waals surface area contributed by atoms with E-state index < -0.39 is 21.9 Å². The topological polar surface area (TPSA) is 127 Å². The van der Waals surface area contributed by atoms with Gasteiger partial charge in [0.25, 0.3) is 5.91 Å². The van der Waals surface area contributed by atoms with Crippen LogP contribution in [0.25, 0.3) is 0 Å². The van der Waals surface area contributed by atoms with E-state index in [0.717, 1.165) is 0 Å². The lowest BCUT2D eigenvalue weighted by Crippen LogP contribution is -2.16. The fourth-order valence-electron chi connectivity index (χ4n) is 1.28. The Morgan fingerprint density at radius 1 is 1.10 bits per heavy atom. The molecule has 7 nitrogen and oxygen atoms in total. The molecule has 0 aromatic heterocycles. The van der Waals surface area contributed by atoms with Crippen molar-refractivity contribution in [1.29, 1.82) is 0 Å². The number of nitrogens with two attached hydrogens (primary N) is 1. The molecule has 1 rings (SSSR count). The van der Waals surface area contributed by atoms with Crippen molar-refractivity contribution in [3.05, 3.63) is 35.4 Å². The van der Waals surface area contributed by atoms with Crippen LogP contribution in [-0.2, 0) is 19.6 Å². The van der Waals surface area contributed by atoms with Crippen molar-refractivity contribution in [2.45, 2.75) is 18.7 Å². The summed E-state index contributed by atoms with van der Waals surface area (Å²) in [5.74, 6) is -1.75. The Balaban J connectivity index is 2.93. The maximum absolute atomic E-state index is 11.8. The van der Waals surface area contributed by atoms with Crippen LogP contribution in [0.15, 0.2) is 40.3 Å². The largest absolute Gasteiger partial charge is 0.478 e. The number of benzene rings is 1. The number of amides is 1. The Hall–Kier alpha value is -2.19. The lowest BCUT2D eigenvalue weighted by molar-refractivity contribution is -0.133. The predicted octanol–water partition coefficient (Wildman–Crippen LogP) is 0.694. The molecule has 108 valence electrons. The summed E-state index contributed by atoms with van der Waals surface area (Å²) in [6.07, 6.45) is 0. The number of hydrogen-bond donors (Lipinski definition) is 3. The molecule has 0 fully saturated rings. The molecule has 0 aliphatic carbocycles. The summed E-state index contributed by atoms with van der Waals surface area (Å²) in [6.45, 7) is 2.71. The first-order valence-electron chi connectivity index (χ1n) is 5.48. The maximum atomic E-state index is 11.8. The van der Waals surface area contributed by atoms with Gasteiger partial charge in [0.15, 0.2) is 0 Å². The van der Waals surface area contributed by atoms with Crippen LogP contribution in [0.3, 0.4) is 0 Å². The predicted molar refractivity (Wildman–Crippen MR) is 72.5 cm³/mol. The fourth-order valence-corrected chi connectivity index (χ4v) is 1.80. The van der Waals surface area contributed by atoms with E-state index in [1.54, 1.807) is 0 Å². The van der Waals surface area contributed by atoms with Crippen molar-refractivity contribution >= 4 is 27.6 Å². The maximum Gasteiger partial charge on any atom is 0.331 e. The van der Waals surface area contributed by atoms with Gasteiger partial charge in [0, 0.05) is 16.8 Å². The van der Waals surface area contributed by atoms with Crippen molar-refractivity contribution in [2.24, 2.45) is 5.14 Å². The number of nitrogens with one attached hydrogen (secondary N) is 1. The van der Waals surface area contributed by atoms with Gasteiger partial charge in [0.1, 0.15) is 0 Å². The minimum Gasteiger partial charge on any atom is -0.478 e. The van der Waals surface area contributed by atoms with Crippen molar-refractivity contribution in [3.63, 3.8) is 0 Å². The molecule has 0 bridgehead atoms. The molecule has 1 amide bonds. The highest BCUT2D eigenvalue weighted by atomic mass is 32.2. The minimum atomic E-state index is -3.79. The summed E-state index contributed by atoms with van der Waals surface area (Å²) in [5, 5.41) is 16.2. The van der Waals surface area contributed by atoms with Crippen molar-refractivity contribution in [2.75, 3.05) is 5.32 Å². The second-order valence-electron chi connectivity index (χ2n) is 4.08. The number of rotatable bonds is 4. The Morgan fingerprint density at radius 3 is 2.00 bits per heavy atom. The first kappa shape index (κ1) is 15.9. The number of anilines is 1. The summed E-state index contributed by atoms with van der Waals surface area (Å²) in [6, 6.07) is 5.21. The molecule has 1 aromatic carbocycles. The lowest BCUT2D eigenvalue weighted by Gasteiger charge is -2.07. The van der Waals surface area contributed by atoms with E-state index in [2.05, 4.69) is 5.32 Å². The quantitative estimate of drug-likeness (QED) is 0.705. The number of carboxylic acids is 1. The van der Waals surface area contributed by atoms with Crippen LogP contribution in [0.1, 0.15) is 13.8 Å². The van der Waals surface area contributed by atoms with Crippen LogP contribution in [0.4, 0.5) is 5.69 Å². The molecule has 20 heavy (non-hydrogen) atoms. The Kier molecular flexibility index (Phi) is 4.64. The molecule has 0 spiro atoms. The number of aliphatic carboxylic acids is 1. The smallest absolute Gasteiger partial charge is 0.331 e. The molecule has 0 saturated carbocycles. The Bertz CT molecular complexity index is 674. The van der Waals surface area contributed by atoms with Gasteiger partial charge in [0.2, 0.25) is 10.0 Å². The van der Waals surface area contributed by atoms with Crippen molar-refractivity contribution < 1.29 is 23.1 Å². The molecule has 4 N–H and O–H groups in total. The summed E-state index contributed by atoms with van der Waals surface area (Å²) < 4.78 is 22.1. The summed E-state index contributed by atoms with van der Waals surface area (Å²) in [4.78, 5) is 22.4. The van der Waals surface area contributed by atoms with Gasteiger partial charge >= 0.3 is 5.97 Å². The van der Waals surface area contributed by atoms with Crippen LogP contribution >= 0.6 is 0 Å². The highest BCUT2D eigenvalue weighted by Gasteiger charge is 2.13. The van der Waals surface area contributed by atoms with E-state index in [9.17, 15) is 18.0 Å².